The van der Waals surface area contributed by atoms with Crippen molar-refractivity contribution in [1.82, 2.24) is 14.3 Å². The molecule has 0 fully saturated rings. The predicted molar refractivity (Wildman–Crippen MR) is 69.3 cm³/mol. The van der Waals surface area contributed by atoms with Crippen molar-refractivity contribution in [1.29, 1.82) is 0 Å². The Labute approximate surface area is 104 Å². The number of aryl methyl sites for hydroxylation is 1. The number of hydrogen-bond acceptors (Lipinski definition) is 1. The van der Waals surface area contributed by atoms with Crippen LogP contribution in [-0.2, 0) is 13.6 Å². The van der Waals surface area contributed by atoms with Crippen LogP contribution in [0.5, 0.6) is 0 Å². The maximum absolute atomic E-state index is 6.15. The van der Waals surface area contributed by atoms with Gasteiger partial charge in [-0.15, -0.1) is 0 Å². The minimum Gasteiger partial charge on any atom is -0.343 e. The average Bonchev–Trinajstić information content (AvgIpc) is 2.88. The van der Waals surface area contributed by atoms with E-state index in [0.29, 0.717) is 0 Å². The Morgan fingerprint density at radius 3 is 2.94 bits per heavy atom. The summed E-state index contributed by atoms with van der Waals surface area (Å²) in [6, 6.07) is 8.02. The van der Waals surface area contributed by atoms with Gasteiger partial charge in [-0.3, -0.25) is 4.68 Å². The van der Waals surface area contributed by atoms with Gasteiger partial charge in [-0.2, -0.15) is 5.10 Å². The van der Waals surface area contributed by atoms with E-state index >= 15 is 0 Å². The molecule has 0 aliphatic carbocycles. The molecule has 3 nitrogen and oxygen atoms in total. The van der Waals surface area contributed by atoms with Crippen LogP contribution in [0.2, 0.25) is 5.02 Å². The number of fused-ring (bicyclic) bond motifs is 1. The molecule has 0 N–H and O–H groups in total. The zero-order valence-corrected chi connectivity index (χ0v) is 10.2. The third-order valence-corrected chi connectivity index (χ3v) is 3.20. The Morgan fingerprint density at radius 1 is 1.29 bits per heavy atom. The van der Waals surface area contributed by atoms with Crippen LogP contribution >= 0.6 is 11.6 Å². The van der Waals surface area contributed by atoms with Gasteiger partial charge in [0, 0.05) is 40.9 Å². The first-order chi connectivity index (χ1) is 8.24. The number of aromatic nitrogens is 3. The molecule has 0 bridgehead atoms. The highest BCUT2D eigenvalue weighted by Gasteiger charge is 2.05. The van der Waals surface area contributed by atoms with E-state index in [1.807, 2.05) is 42.3 Å². The van der Waals surface area contributed by atoms with Gasteiger partial charge in [0.05, 0.1) is 12.7 Å². The minimum absolute atomic E-state index is 0.799. The van der Waals surface area contributed by atoms with Gasteiger partial charge in [0.15, 0.2) is 0 Å². The van der Waals surface area contributed by atoms with Crippen molar-refractivity contribution in [2.24, 2.45) is 7.05 Å². The van der Waals surface area contributed by atoms with Crippen LogP contribution in [-0.4, -0.2) is 14.3 Å². The van der Waals surface area contributed by atoms with E-state index in [2.05, 4.69) is 21.9 Å². The SMILES string of the molecule is Cn1cc(Cn2ccc3c(Cl)cccc32)cn1. The predicted octanol–water partition coefficient (Wildman–Crippen LogP) is 3.08. The molecule has 2 heterocycles. The molecule has 0 unspecified atom stereocenters. The number of hydrogen-bond donors (Lipinski definition) is 0. The molecule has 3 aromatic rings. The summed E-state index contributed by atoms with van der Waals surface area (Å²) in [5.41, 5.74) is 2.34. The van der Waals surface area contributed by atoms with Crippen LogP contribution in [0.1, 0.15) is 5.56 Å². The molecule has 0 atom stereocenters. The van der Waals surface area contributed by atoms with Crippen molar-refractivity contribution < 1.29 is 0 Å². The van der Waals surface area contributed by atoms with Gasteiger partial charge in [-0.05, 0) is 18.2 Å². The van der Waals surface area contributed by atoms with E-state index < -0.39 is 0 Å². The molecular weight excluding hydrogens is 234 g/mol. The van der Waals surface area contributed by atoms with Gasteiger partial charge >= 0.3 is 0 Å². The summed E-state index contributed by atoms with van der Waals surface area (Å²) in [7, 11) is 1.92. The van der Waals surface area contributed by atoms with Crippen molar-refractivity contribution in [2.75, 3.05) is 0 Å². The summed E-state index contributed by atoms with van der Waals surface area (Å²) in [4.78, 5) is 0. The molecule has 0 radical (unpaired) electrons. The Morgan fingerprint density at radius 2 is 2.18 bits per heavy atom. The first-order valence-electron chi connectivity index (χ1n) is 5.45. The standard InChI is InChI=1S/C13H12ClN3/c1-16-8-10(7-15-16)9-17-6-5-11-12(14)3-2-4-13(11)17/h2-8H,9H2,1H3. The Balaban J connectivity index is 2.04. The van der Waals surface area contributed by atoms with Crippen molar-refractivity contribution in [3.05, 3.63) is 53.4 Å². The number of benzene rings is 1. The van der Waals surface area contributed by atoms with E-state index in [1.165, 1.54) is 5.56 Å². The molecule has 17 heavy (non-hydrogen) atoms. The van der Waals surface area contributed by atoms with Gasteiger partial charge < -0.3 is 4.57 Å². The molecule has 1 aromatic carbocycles. The molecule has 86 valence electrons. The molecule has 0 saturated heterocycles. The molecule has 3 rings (SSSR count). The highest BCUT2D eigenvalue weighted by atomic mass is 35.5. The monoisotopic (exact) mass is 245 g/mol. The molecule has 4 heteroatoms. The molecule has 0 aliphatic heterocycles. The highest BCUT2D eigenvalue weighted by molar-refractivity contribution is 6.35. The summed E-state index contributed by atoms with van der Waals surface area (Å²) in [5.74, 6) is 0. The fourth-order valence-electron chi connectivity index (χ4n) is 2.07. The van der Waals surface area contributed by atoms with Gasteiger partial charge in [0.1, 0.15) is 0 Å². The maximum atomic E-state index is 6.15. The van der Waals surface area contributed by atoms with Gasteiger partial charge in [-0.1, -0.05) is 17.7 Å². The quantitative estimate of drug-likeness (QED) is 0.680. The van der Waals surface area contributed by atoms with Crippen molar-refractivity contribution in [3.63, 3.8) is 0 Å². The lowest BCUT2D eigenvalue weighted by atomic mass is 10.2. The largest absolute Gasteiger partial charge is 0.343 e. The van der Waals surface area contributed by atoms with Gasteiger partial charge in [0.25, 0.3) is 0 Å². The lowest BCUT2D eigenvalue weighted by molar-refractivity contribution is 0.764. The van der Waals surface area contributed by atoms with Crippen LogP contribution in [0.15, 0.2) is 42.9 Å². The van der Waals surface area contributed by atoms with Crippen LogP contribution in [0.25, 0.3) is 10.9 Å². The summed E-state index contributed by atoms with van der Waals surface area (Å²) in [5, 5.41) is 6.07. The van der Waals surface area contributed by atoms with E-state index in [9.17, 15) is 0 Å². The molecule has 0 amide bonds. The number of halogens is 1. The third kappa shape index (κ3) is 1.83. The van der Waals surface area contributed by atoms with Crippen LogP contribution < -0.4 is 0 Å². The maximum Gasteiger partial charge on any atom is 0.0539 e. The smallest absolute Gasteiger partial charge is 0.0539 e. The molecule has 0 spiro atoms. The fourth-order valence-corrected chi connectivity index (χ4v) is 2.31. The van der Waals surface area contributed by atoms with E-state index in [1.54, 1.807) is 0 Å². The van der Waals surface area contributed by atoms with Gasteiger partial charge in [0.2, 0.25) is 0 Å². The van der Waals surface area contributed by atoms with E-state index in [4.69, 9.17) is 11.6 Å². The van der Waals surface area contributed by atoms with E-state index in [-0.39, 0.29) is 0 Å². The Hall–Kier alpha value is -1.74. The molecule has 0 saturated carbocycles. The number of nitrogens with zero attached hydrogens (tertiary/aromatic N) is 3. The zero-order valence-electron chi connectivity index (χ0n) is 9.47. The summed E-state index contributed by atoms with van der Waals surface area (Å²) >= 11 is 6.15. The molecular formula is C13H12ClN3. The van der Waals surface area contributed by atoms with Crippen molar-refractivity contribution in [3.8, 4) is 0 Å². The molecule has 2 aromatic heterocycles. The second kappa shape index (κ2) is 3.93. The van der Waals surface area contributed by atoms with Crippen LogP contribution in [0.4, 0.5) is 0 Å². The lowest BCUT2D eigenvalue weighted by Gasteiger charge is -2.03. The topological polar surface area (TPSA) is 22.8 Å². The zero-order chi connectivity index (χ0) is 11.8. The van der Waals surface area contributed by atoms with Crippen LogP contribution in [0.3, 0.4) is 0 Å². The first-order valence-corrected chi connectivity index (χ1v) is 5.83. The number of rotatable bonds is 2. The van der Waals surface area contributed by atoms with Gasteiger partial charge in [-0.25, -0.2) is 0 Å². The Bertz CT molecular complexity index is 666. The van der Waals surface area contributed by atoms with Crippen LogP contribution in [0, 0.1) is 0 Å². The summed E-state index contributed by atoms with van der Waals surface area (Å²) < 4.78 is 3.99. The lowest BCUT2D eigenvalue weighted by Crippen LogP contribution is -1.96. The average molecular weight is 246 g/mol. The minimum atomic E-state index is 0.799. The summed E-state index contributed by atoms with van der Waals surface area (Å²) in [6.45, 7) is 0.817. The van der Waals surface area contributed by atoms with Crippen molar-refractivity contribution in [2.45, 2.75) is 6.54 Å². The fraction of sp³-hybridized carbons (Fsp3) is 0.154. The normalized spacial score (nSPS) is 11.2. The van der Waals surface area contributed by atoms with Crippen molar-refractivity contribution >= 4 is 22.5 Å². The second-order valence-electron chi connectivity index (χ2n) is 4.14. The Kier molecular flexibility index (Phi) is 2.41. The van der Waals surface area contributed by atoms with E-state index in [0.717, 1.165) is 22.5 Å². The molecule has 0 aliphatic rings. The first kappa shape index (κ1) is 10.4. The third-order valence-electron chi connectivity index (χ3n) is 2.87. The highest BCUT2D eigenvalue weighted by Crippen LogP contribution is 2.24. The summed E-state index contributed by atoms with van der Waals surface area (Å²) in [6.07, 6.45) is 5.97. The second-order valence-corrected chi connectivity index (χ2v) is 4.55.